The topological polar surface area (TPSA) is 37.4 Å². The molecule has 3 nitrogen and oxygen atoms in total. The molecule has 2 aromatic rings. The van der Waals surface area contributed by atoms with E-state index in [0.29, 0.717) is 12.1 Å². The van der Waals surface area contributed by atoms with Crippen molar-refractivity contribution in [3.8, 4) is 0 Å². The first-order valence-corrected chi connectivity index (χ1v) is 8.75. The van der Waals surface area contributed by atoms with Crippen LogP contribution in [0.15, 0.2) is 46.9 Å². The molecule has 0 saturated heterocycles. The maximum Gasteiger partial charge on any atom is 0.223 e. The van der Waals surface area contributed by atoms with E-state index in [-0.39, 0.29) is 24.5 Å². The second-order valence-electron chi connectivity index (χ2n) is 6.06. The Bertz CT molecular complexity index is 755. The fourth-order valence-corrected chi connectivity index (χ4v) is 2.85. The van der Waals surface area contributed by atoms with E-state index in [2.05, 4.69) is 15.9 Å². The molecule has 0 aliphatic carbocycles. The number of nitrogens with zero attached hydrogens (tertiary/aromatic N) is 1. The molecule has 0 aliphatic heterocycles. The lowest BCUT2D eigenvalue weighted by molar-refractivity contribution is -0.130. The Morgan fingerprint density at radius 3 is 2.38 bits per heavy atom. The van der Waals surface area contributed by atoms with Crippen LogP contribution >= 0.6 is 15.9 Å². The van der Waals surface area contributed by atoms with Crippen molar-refractivity contribution in [1.82, 2.24) is 4.90 Å². The Morgan fingerprint density at radius 2 is 1.71 bits per heavy atom. The lowest BCUT2D eigenvalue weighted by Gasteiger charge is -2.18. The van der Waals surface area contributed by atoms with Crippen LogP contribution in [0.2, 0.25) is 0 Å². The minimum absolute atomic E-state index is 0.0146. The minimum atomic E-state index is -0.0251. The van der Waals surface area contributed by atoms with Gasteiger partial charge in [0.2, 0.25) is 5.91 Å². The predicted molar refractivity (Wildman–Crippen MR) is 100 cm³/mol. The number of hydrogen-bond acceptors (Lipinski definition) is 2. The van der Waals surface area contributed by atoms with E-state index in [4.69, 9.17) is 0 Å². The summed E-state index contributed by atoms with van der Waals surface area (Å²) in [5, 5.41) is 0. The molecule has 0 N–H and O–H groups in total. The number of aryl methyl sites for hydroxylation is 2. The molecule has 0 bridgehead atoms. The molecule has 0 aromatic heterocycles. The number of Topliss-reactive ketones (excluding diaryl/α,β-unsaturated/α-hetero) is 1. The van der Waals surface area contributed by atoms with Gasteiger partial charge in [0.1, 0.15) is 0 Å². The van der Waals surface area contributed by atoms with Crippen LogP contribution in [0.4, 0.5) is 0 Å². The third-order valence-electron chi connectivity index (χ3n) is 4.19. The van der Waals surface area contributed by atoms with E-state index < -0.39 is 0 Å². The normalized spacial score (nSPS) is 10.5. The zero-order chi connectivity index (χ0) is 17.7. The van der Waals surface area contributed by atoms with Gasteiger partial charge < -0.3 is 4.90 Å². The van der Waals surface area contributed by atoms with Gasteiger partial charge in [0, 0.05) is 36.5 Å². The predicted octanol–water partition coefficient (Wildman–Crippen LogP) is 4.69. The summed E-state index contributed by atoms with van der Waals surface area (Å²) in [7, 11) is 1.77. The van der Waals surface area contributed by atoms with Crippen LogP contribution in [0.3, 0.4) is 0 Å². The summed E-state index contributed by atoms with van der Waals surface area (Å²) in [6.07, 6.45) is 0.467. The maximum atomic E-state index is 12.3. The van der Waals surface area contributed by atoms with E-state index in [1.54, 1.807) is 11.9 Å². The van der Waals surface area contributed by atoms with Gasteiger partial charge in [-0.3, -0.25) is 9.59 Å². The number of hydrogen-bond donors (Lipinski definition) is 0. The summed E-state index contributed by atoms with van der Waals surface area (Å²) >= 11 is 3.49. The molecule has 126 valence electrons. The van der Waals surface area contributed by atoms with Crippen molar-refractivity contribution in [3.05, 3.63) is 69.2 Å². The Labute approximate surface area is 151 Å². The summed E-state index contributed by atoms with van der Waals surface area (Å²) in [6.45, 7) is 4.53. The van der Waals surface area contributed by atoms with E-state index >= 15 is 0 Å². The Hall–Kier alpha value is -1.94. The van der Waals surface area contributed by atoms with Crippen molar-refractivity contribution < 1.29 is 9.59 Å². The lowest BCUT2D eigenvalue weighted by Crippen LogP contribution is -2.26. The first-order valence-electron chi connectivity index (χ1n) is 7.96. The SMILES string of the molecule is Cc1ccc(C(=O)CCC(=O)N(C)Cc2ccccc2Br)cc1C. The van der Waals surface area contributed by atoms with Gasteiger partial charge in [-0.05, 0) is 42.7 Å². The zero-order valence-electron chi connectivity index (χ0n) is 14.3. The van der Waals surface area contributed by atoms with Crippen LogP contribution in [0.1, 0.15) is 39.9 Å². The molecule has 0 spiro atoms. The number of halogens is 1. The van der Waals surface area contributed by atoms with Gasteiger partial charge in [-0.1, -0.05) is 46.3 Å². The third-order valence-corrected chi connectivity index (χ3v) is 4.96. The van der Waals surface area contributed by atoms with Crippen molar-refractivity contribution in [1.29, 1.82) is 0 Å². The molecule has 2 rings (SSSR count). The lowest BCUT2D eigenvalue weighted by atomic mass is 10.0. The second kappa shape index (κ2) is 8.25. The molecule has 0 heterocycles. The largest absolute Gasteiger partial charge is 0.341 e. The maximum absolute atomic E-state index is 12.3. The van der Waals surface area contributed by atoms with Crippen LogP contribution in [0.5, 0.6) is 0 Å². The number of rotatable bonds is 6. The van der Waals surface area contributed by atoms with Crippen LogP contribution in [-0.2, 0) is 11.3 Å². The molecule has 0 fully saturated rings. The average Bonchev–Trinajstić information content (AvgIpc) is 2.56. The summed E-state index contributed by atoms with van der Waals surface area (Å²) < 4.78 is 0.982. The zero-order valence-corrected chi connectivity index (χ0v) is 15.9. The van der Waals surface area contributed by atoms with E-state index in [0.717, 1.165) is 21.2 Å². The third kappa shape index (κ3) is 4.78. The first-order chi connectivity index (χ1) is 11.4. The average molecular weight is 388 g/mol. The van der Waals surface area contributed by atoms with E-state index in [1.165, 1.54) is 0 Å². The molecule has 1 amide bonds. The molecule has 0 atom stereocenters. The molecule has 0 unspecified atom stereocenters. The molecule has 0 radical (unpaired) electrons. The highest BCUT2D eigenvalue weighted by Crippen LogP contribution is 2.18. The van der Waals surface area contributed by atoms with Gasteiger partial charge >= 0.3 is 0 Å². The molecule has 2 aromatic carbocycles. The standard InChI is InChI=1S/C20H22BrNO2/c1-14-8-9-16(12-15(14)2)19(23)10-11-20(24)22(3)13-17-6-4-5-7-18(17)21/h4-9,12H,10-11,13H2,1-3H3. The summed E-state index contributed by atoms with van der Waals surface area (Å²) in [4.78, 5) is 26.2. The second-order valence-corrected chi connectivity index (χ2v) is 6.92. The van der Waals surface area contributed by atoms with Gasteiger partial charge in [-0.25, -0.2) is 0 Å². The summed E-state index contributed by atoms with van der Waals surface area (Å²) in [5.41, 5.74) is 3.99. The van der Waals surface area contributed by atoms with Crippen LogP contribution < -0.4 is 0 Å². The Kier molecular flexibility index (Phi) is 6.32. The smallest absolute Gasteiger partial charge is 0.223 e. The highest BCUT2D eigenvalue weighted by molar-refractivity contribution is 9.10. The molecule has 24 heavy (non-hydrogen) atoms. The molecular weight excluding hydrogens is 366 g/mol. The van der Waals surface area contributed by atoms with Crippen molar-refractivity contribution in [2.75, 3.05) is 7.05 Å². The van der Waals surface area contributed by atoms with Gasteiger partial charge in [0.25, 0.3) is 0 Å². The van der Waals surface area contributed by atoms with Gasteiger partial charge in [-0.2, -0.15) is 0 Å². The van der Waals surface area contributed by atoms with E-state index in [1.807, 2.05) is 56.3 Å². The van der Waals surface area contributed by atoms with Crippen molar-refractivity contribution >= 4 is 27.6 Å². The fourth-order valence-electron chi connectivity index (χ4n) is 2.44. The fraction of sp³-hybridized carbons (Fsp3) is 0.300. The number of amides is 1. The van der Waals surface area contributed by atoms with Crippen LogP contribution in [0, 0.1) is 13.8 Å². The first kappa shape index (κ1) is 18.4. The number of carbonyl (C=O) groups is 2. The Morgan fingerprint density at radius 1 is 1.00 bits per heavy atom. The highest BCUT2D eigenvalue weighted by atomic mass is 79.9. The highest BCUT2D eigenvalue weighted by Gasteiger charge is 2.14. The number of ketones is 1. The molecule has 4 heteroatoms. The van der Waals surface area contributed by atoms with Crippen LogP contribution in [0.25, 0.3) is 0 Å². The van der Waals surface area contributed by atoms with Crippen molar-refractivity contribution in [2.24, 2.45) is 0 Å². The Balaban J connectivity index is 1.91. The minimum Gasteiger partial charge on any atom is -0.341 e. The van der Waals surface area contributed by atoms with Crippen LogP contribution in [-0.4, -0.2) is 23.6 Å². The van der Waals surface area contributed by atoms with Gasteiger partial charge in [0.05, 0.1) is 0 Å². The summed E-state index contributed by atoms with van der Waals surface area (Å²) in [5.74, 6) is -0.0105. The molecule has 0 aliphatic rings. The number of benzene rings is 2. The van der Waals surface area contributed by atoms with Crippen molar-refractivity contribution in [3.63, 3.8) is 0 Å². The molecular formula is C20H22BrNO2. The van der Waals surface area contributed by atoms with Gasteiger partial charge in [-0.15, -0.1) is 0 Å². The monoisotopic (exact) mass is 387 g/mol. The van der Waals surface area contributed by atoms with Crippen molar-refractivity contribution in [2.45, 2.75) is 33.2 Å². The summed E-state index contributed by atoms with van der Waals surface area (Å²) in [6, 6.07) is 13.5. The molecule has 0 saturated carbocycles. The van der Waals surface area contributed by atoms with Gasteiger partial charge in [0.15, 0.2) is 5.78 Å². The van der Waals surface area contributed by atoms with E-state index in [9.17, 15) is 9.59 Å². The quantitative estimate of drug-likeness (QED) is 0.674. The number of carbonyl (C=O) groups excluding carboxylic acids is 2.